The van der Waals surface area contributed by atoms with E-state index in [1.807, 2.05) is 54.8 Å². The molecular weight excluding hydrogens is 381 g/mol. The van der Waals surface area contributed by atoms with Crippen LogP contribution in [-0.4, -0.2) is 24.1 Å². The van der Waals surface area contributed by atoms with Crippen LogP contribution in [0.1, 0.15) is 11.1 Å². The normalized spacial score (nSPS) is 14.1. The number of benzene rings is 1. The van der Waals surface area contributed by atoms with Crippen molar-refractivity contribution in [3.63, 3.8) is 0 Å². The third-order valence-corrected chi connectivity index (χ3v) is 4.08. The van der Waals surface area contributed by atoms with E-state index in [4.69, 9.17) is 4.74 Å². The standard InChI is InChI=1S/C21H17N3O.2ClH/c1-25-21-14-17(8-9-18(21)20-7-3-5-12-23-20)24-13-10-16(15-24)19-6-2-4-11-22-19;;/h2-15H,1H3;2*1H/q+2;;/p-2. The Kier molecular flexibility index (Phi) is 6.99. The van der Waals surface area contributed by atoms with Crippen molar-refractivity contribution in [2.45, 2.75) is 0 Å². The molecule has 0 saturated heterocycles. The van der Waals surface area contributed by atoms with Crippen molar-refractivity contribution in [1.82, 2.24) is 14.6 Å². The van der Waals surface area contributed by atoms with Crippen LogP contribution >= 0.6 is 0 Å². The maximum absolute atomic E-state index is 5.59. The number of ether oxygens (including phenoxy) is 1. The Morgan fingerprint density at radius 3 is 2.19 bits per heavy atom. The average Bonchev–Trinajstić information content (AvgIpc) is 3.19. The molecule has 27 heavy (non-hydrogen) atoms. The van der Waals surface area contributed by atoms with Crippen molar-refractivity contribution >= 4 is 23.8 Å². The van der Waals surface area contributed by atoms with E-state index >= 15 is 0 Å². The fourth-order valence-corrected chi connectivity index (χ4v) is 2.82. The van der Waals surface area contributed by atoms with Crippen LogP contribution in [-0.2, 0) is 0 Å². The highest BCUT2D eigenvalue weighted by molar-refractivity contribution is 5.84. The van der Waals surface area contributed by atoms with Crippen LogP contribution < -0.4 is 39.5 Å². The van der Waals surface area contributed by atoms with Gasteiger partial charge in [-0.1, -0.05) is 0 Å². The summed E-state index contributed by atoms with van der Waals surface area (Å²) in [5.41, 5.74) is 4.93. The SMILES string of the molecule is COc1cc(-n2ccc(C3=CC=CC=[N+]3)c2)ccc1C1=CC=CC=[N+]1.[Cl-].[Cl-]. The number of aromatic nitrogens is 1. The van der Waals surface area contributed by atoms with Crippen LogP contribution in [0.2, 0.25) is 0 Å². The number of methoxy groups -OCH3 is 1. The van der Waals surface area contributed by atoms with Gasteiger partial charge in [-0.25, -0.2) is 0 Å². The zero-order valence-corrected chi connectivity index (χ0v) is 16.1. The molecule has 0 atom stereocenters. The summed E-state index contributed by atoms with van der Waals surface area (Å²) in [5.74, 6) is 0.796. The van der Waals surface area contributed by atoms with E-state index in [1.54, 1.807) is 19.5 Å². The minimum absolute atomic E-state index is 0. The Labute approximate surface area is 170 Å². The molecule has 2 aliphatic rings. The van der Waals surface area contributed by atoms with E-state index in [2.05, 4.69) is 32.9 Å². The summed E-state index contributed by atoms with van der Waals surface area (Å²) in [5, 5.41) is 0. The molecule has 1 aromatic carbocycles. The maximum atomic E-state index is 5.59. The number of nitrogens with zero attached hydrogens (tertiary/aromatic N) is 3. The third-order valence-electron chi connectivity index (χ3n) is 4.08. The minimum atomic E-state index is 0. The number of rotatable bonds is 4. The largest absolute Gasteiger partial charge is 1.00 e. The zero-order valence-electron chi connectivity index (χ0n) is 14.6. The van der Waals surface area contributed by atoms with E-state index in [0.29, 0.717) is 0 Å². The molecule has 0 unspecified atom stereocenters. The predicted octanol–water partition coefficient (Wildman–Crippen LogP) is -2.87. The monoisotopic (exact) mass is 397 g/mol. The van der Waals surface area contributed by atoms with E-state index in [0.717, 1.165) is 34.0 Å². The van der Waals surface area contributed by atoms with Crippen LogP contribution in [0.5, 0.6) is 5.75 Å². The van der Waals surface area contributed by atoms with Gasteiger partial charge in [0.15, 0.2) is 0 Å². The third kappa shape index (κ3) is 4.30. The van der Waals surface area contributed by atoms with Crippen LogP contribution in [0.3, 0.4) is 0 Å². The first-order chi connectivity index (χ1) is 12.3. The van der Waals surface area contributed by atoms with Crippen molar-refractivity contribution in [3.05, 3.63) is 84.2 Å². The number of hydrogen-bond acceptors (Lipinski definition) is 3. The van der Waals surface area contributed by atoms with Gasteiger partial charge in [0, 0.05) is 48.5 Å². The summed E-state index contributed by atoms with van der Waals surface area (Å²) in [7, 11) is 1.68. The second-order valence-corrected chi connectivity index (χ2v) is 5.62. The molecule has 4 nitrogen and oxygen atoms in total. The van der Waals surface area contributed by atoms with E-state index in [9.17, 15) is 0 Å². The molecule has 6 heteroatoms. The van der Waals surface area contributed by atoms with Crippen molar-refractivity contribution < 1.29 is 29.6 Å². The summed E-state index contributed by atoms with van der Waals surface area (Å²) in [6.45, 7) is 0. The van der Waals surface area contributed by atoms with E-state index in [1.165, 1.54) is 0 Å². The lowest BCUT2D eigenvalue weighted by Crippen LogP contribution is -3.00. The van der Waals surface area contributed by atoms with E-state index < -0.39 is 0 Å². The number of halogens is 2. The fraction of sp³-hybridized carbons (Fsp3) is 0.0476. The Hall–Kier alpha value is -2.82. The number of aliphatic imine (C=N–C) groups is 2. The molecular formula is C21H17Cl2N3O. The molecule has 2 aromatic rings. The highest BCUT2D eigenvalue weighted by Gasteiger charge is 2.19. The molecule has 0 aliphatic carbocycles. The van der Waals surface area contributed by atoms with Gasteiger partial charge in [-0.05, 0) is 30.4 Å². The molecule has 0 N–H and O–H groups in total. The van der Waals surface area contributed by atoms with Gasteiger partial charge < -0.3 is 34.1 Å². The lowest BCUT2D eigenvalue weighted by molar-refractivity contribution is -0.001000. The molecule has 136 valence electrons. The van der Waals surface area contributed by atoms with Gasteiger partial charge in [0.2, 0.25) is 12.4 Å². The van der Waals surface area contributed by atoms with Crippen LogP contribution in [0.15, 0.2) is 73.1 Å². The topological polar surface area (TPSA) is 42.4 Å². The molecule has 0 fully saturated rings. The average molecular weight is 398 g/mol. The summed E-state index contributed by atoms with van der Waals surface area (Å²) in [4.78, 5) is 8.81. The fourth-order valence-electron chi connectivity index (χ4n) is 2.82. The van der Waals surface area contributed by atoms with Gasteiger partial charge in [-0.3, -0.25) is 0 Å². The molecule has 2 aliphatic heterocycles. The van der Waals surface area contributed by atoms with Gasteiger partial charge in [-0.2, -0.15) is 0 Å². The molecule has 0 saturated carbocycles. The summed E-state index contributed by atoms with van der Waals surface area (Å²) in [6.07, 6.45) is 19.5. The summed E-state index contributed by atoms with van der Waals surface area (Å²) in [6, 6.07) is 8.18. The maximum Gasteiger partial charge on any atom is 0.288 e. The Balaban J connectivity index is 0.00000131. The van der Waals surface area contributed by atoms with Gasteiger partial charge in [0.25, 0.3) is 11.4 Å². The molecule has 4 rings (SSSR count). The summed E-state index contributed by atoms with van der Waals surface area (Å²) >= 11 is 0. The minimum Gasteiger partial charge on any atom is -1.00 e. The van der Waals surface area contributed by atoms with Crippen molar-refractivity contribution in [1.29, 1.82) is 0 Å². The smallest absolute Gasteiger partial charge is 0.288 e. The lowest BCUT2D eigenvalue weighted by Gasteiger charge is -2.09. The Morgan fingerprint density at radius 2 is 1.56 bits per heavy atom. The number of hydrogen-bond donors (Lipinski definition) is 0. The zero-order chi connectivity index (χ0) is 17.1. The first-order valence-electron chi connectivity index (χ1n) is 8.04. The van der Waals surface area contributed by atoms with E-state index in [-0.39, 0.29) is 24.8 Å². The quantitative estimate of drug-likeness (QED) is 0.546. The van der Waals surface area contributed by atoms with Crippen LogP contribution in [0, 0.1) is 0 Å². The molecule has 0 bridgehead atoms. The molecule has 2 radical (unpaired) electrons. The Bertz CT molecular complexity index is 995. The van der Waals surface area contributed by atoms with Crippen molar-refractivity contribution in [2.24, 2.45) is 0 Å². The molecule has 0 amide bonds. The van der Waals surface area contributed by atoms with Gasteiger partial charge >= 0.3 is 0 Å². The highest BCUT2D eigenvalue weighted by atomic mass is 35.5. The molecule has 0 spiro atoms. The first kappa shape index (κ1) is 20.5. The second kappa shape index (κ2) is 9.21. The Morgan fingerprint density at radius 1 is 0.852 bits per heavy atom. The molecule has 1 aromatic heterocycles. The van der Waals surface area contributed by atoms with Gasteiger partial charge in [-0.15, -0.1) is 0 Å². The van der Waals surface area contributed by atoms with Crippen molar-refractivity contribution in [3.8, 4) is 11.4 Å². The second-order valence-electron chi connectivity index (χ2n) is 5.62. The highest BCUT2D eigenvalue weighted by Crippen LogP contribution is 2.28. The summed E-state index contributed by atoms with van der Waals surface area (Å²) < 4.78 is 7.65. The predicted molar refractivity (Wildman–Crippen MR) is 103 cm³/mol. The van der Waals surface area contributed by atoms with Crippen molar-refractivity contribution in [2.75, 3.05) is 7.11 Å². The number of allylic oxidation sites excluding steroid dienone is 6. The first-order valence-corrected chi connectivity index (χ1v) is 8.04. The van der Waals surface area contributed by atoms with Gasteiger partial charge in [0.1, 0.15) is 5.75 Å². The molecule has 3 heterocycles. The lowest BCUT2D eigenvalue weighted by atomic mass is 10.1. The van der Waals surface area contributed by atoms with Crippen LogP contribution in [0.4, 0.5) is 0 Å². The van der Waals surface area contributed by atoms with Crippen LogP contribution in [0.25, 0.3) is 17.1 Å². The van der Waals surface area contributed by atoms with Gasteiger partial charge in [0.05, 0.1) is 28.2 Å².